The molecule has 0 radical (unpaired) electrons. The molecule has 2 aromatic carbocycles. The highest BCUT2D eigenvalue weighted by Gasteiger charge is 2.50. The lowest BCUT2D eigenvalue weighted by atomic mass is 10.0. The van der Waals surface area contributed by atoms with Crippen molar-refractivity contribution >= 4 is 34.6 Å². The third-order valence-corrected chi connectivity index (χ3v) is 6.58. The monoisotopic (exact) mass is 563 g/mol. The molecule has 0 aliphatic carbocycles. The number of ether oxygens (including phenoxy) is 3. The van der Waals surface area contributed by atoms with E-state index in [1.807, 2.05) is 0 Å². The van der Waals surface area contributed by atoms with Crippen LogP contribution in [-0.4, -0.2) is 49.6 Å². The van der Waals surface area contributed by atoms with Gasteiger partial charge in [0.25, 0.3) is 5.91 Å². The van der Waals surface area contributed by atoms with E-state index in [0.717, 1.165) is 42.9 Å². The van der Waals surface area contributed by atoms with E-state index in [1.165, 1.54) is 6.07 Å². The van der Waals surface area contributed by atoms with E-state index in [-0.39, 0.29) is 10.8 Å². The Bertz CT molecular complexity index is 1200. The number of nitrogens with zero attached hydrogens (tertiary/aromatic N) is 3. The Hall–Kier alpha value is -3.20. The number of rotatable bonds is 13. The second-order valence-electron chi connectivity index (χ2n) is 9.43. The number of nitriles is 1. The summed E-state index contributed by atoms with van der Waals surface area (Å²) in [5.74, 6) is 0.100. The Morgan fingerprint density at radius 2 is 1.56 bits per heavy atom. The van der Waals surface area contributed by atoms with Crippen molar-refractivity contribution in [2.24, 2.45) is 0 Å². The normalized spacial score (nSPS) is 15.1. The standard InChI is InChI=1S/C28H32F3N3O4S/c1-4-5-6-13-36-14-15-37-16-17-38-23-11-9-21(10-12-23)34-26(39)33(25(35)27(34,2)3)22-8-7-20(19-32)24(18-22)28(29,30)31/h7-12,18H,4-6,13-17H2,1-3H3. The number of amides is 1. The number of hydrogen-bond acceptors (Lipinski definition) is 6. The minimum atomic E-state index is -4.76. The van der Waals surface area contributed by atoms with Gasteiger partial charge in [0.2, 0.25) is 0 Å². The van der Waals surface area contributed by atoms with Crippen molar-refractivity contribution in [3.05, 3.63) is 53.6 Å². The maximum Gasteiger partial charge on any atom is 0.417 e. The number of alkyl halides is 3. The third kappa shape index (κ3) is 7.26. The molecule has 1 saturated heterocycles. The van der Waals surface area contributed by atoms with E-state index in [2.05, 4.69) is 6.92 Å². The van der Waals surface area contributed by atoms with Crippen molar-refractivity contribution in [2.75, 3.05) is 42.8 Å². The van der Waals surface area contributed by atoms with E-state index in [0.29, 0.717) is 37.9 Å². The topological polar surface area (TPSA) is 75.0 Å². The van der Waals surface area contributed by atoms with Crippen molar-refractivity contribution in [3.63, 3.8) is 0 Å². The molecular formula is C28H32F3N3O4S. The Labute approximate surface area is 232 Å². The van der Waals surface area contributed by atoms with Crippen LogP contribution in [0, 0.1) is 11.3 Å². The zero-order valence-corrected chi connectivity index (χ0v) is 23.0. The number of anilines is 2. The van der Waals surface area contributed by atoms with Crippen LogP contribution in [0.1, 0.15) is 51.2 Å². The first kappa shape index (κ1) is 30.3. The average molecular weight is 564 g/mol. The molecule has 0 saturated carbocycles. The van der Waals surface area contributed by atoms with Gasteiger partial charge in [0.1, 0.15) is 17.9 Å². The van der Waals surface area contributed by atoms with Gasteiger partial charge in [-0.1, -0.05) is 19.8 Å². The molecule has 0 spiro atoms. The third-order valence-electron chi connectivity index (χ3n) is 6.21. The Morgan fingerprint density at radius 1 is 0.949 bits per heavy atom. The minimum absolute atomic E-state index is 0.0295. The summed E-state index contributed by atoms with van der Waals surface area (Å²) in [6, 6.07) is 11.6. The summed E-state index contributed by atoms with van der Waals surface area (Å²) in [5, 5.41) is 9.12. The minimum Gasteiger partial charge on any atom is -0.491 e. The fraction of sp³-hybridized carbons (Fsp3) is 0.464. The highest BCUT2D eigenvalue weighted by Crippen LogP contribution is 2.39. The maximum atomic E-state index is 13.5. The van der Waals surface area contributed by atoms with Crippen molar-refractivity contribution in [3.8, 4) is 11.8 Å². The van der Waals surface area contributed by atoms with Gasteiger partial charge in [0.15, 0.2) is 5.11 Å². The number of halogens is 3. The summed E-state index contributed by atoms with van der Waals surface area (Å²) in [6.07, 6.45) is -1.40. The van der Waals surface area contributed by atoms with Gasteiger partial charge in [0.05, 0.1) is 42.7 Å². The summed E-state index contributed by atoms with van der Waals surface area (Å²) >= 11 is 5.56. The molecule has 0 bridgehead atoms. The molecule has 0 atom stereocenters. The van der Waals surface area contributed by atoms with Crippen molar-refractivity contribution in [2.45, 2.75) is 51.7 Å². The predicted octanol–water partition coefficient (Wildman–Crippen LogP) is 6.10. The Balaban J connectivity index is 1.63. The summed E-state index contributed by atoms with van der Waals surface area (Å²) in [5.41, 5.74) is -2.30. The second kappa shape index (κ2) is 13.2. The lowest BCUT2D eigenvalue weighted by Gasteiger charge is -2.29. The van der Waals surface area contributed by atoms with Crippen LogP contribution in [0.15, 0.2) is 42.5 Å². The number of benzene rings is 2. The van der Waals surface area contributed by atoms with Crippen LogP contribution in [0.4, 0.5) is 24.5 Å². The van der Waals surface area contributed by atoms with Gasteiger partial charge >= 0.3 is 6.18 Å². The number of hydrogen-bond donors (Lipinski definition) is 0. The van der Waals surface area contributed by atoms with Crippen LogP contribution < -0.4 is 14.5 Å². The number of carbonyl (C=O) groups is 1. The summed E-state index contributed by atoms with van der Waals surface area (Å²) in [6.45, 7) is 7.94. The van der Waals surface area contributed by atoms with E-state index in [4.69, 9.17) is 31.7 Å². The lowest BCUT2D eigenvalue weighted by molar-refractivity contribution is -0.137. The predicted molar refractivity (Wildman–Crippen MR) is 146 cm³/mol. The molecule has 0 unspecified atom stereocenters. The van der Waals surface area contributed by atoms with Gasteiger partial charge in [-0.15, -0.1) is 0 Å². The van der Waals surface area contributed by atoms with E-state index in [1.54, 1.807) is 49.1 Å². The van der Waals surface area contributed by atoms with Crippen LogP contribution in [-0.2, 0) is 20.4 Å². The van der Waals surface area contributed by atoms with E-state index >= 15 is 0 Å². The van der Waals surface area contributed by atoms with Crippen molar-refractivity contribution in [1.29, 1.82) is 5.26 Å². The van der Waals surface area contributed by atoms with Crippen LogP contribution >= 0.6 is 12.2 Å². The maximum absolute atomic E-state index is 13.5. The van der Waals surface area contributed by atoms with Gasteiger partial charge < -0.3 is 19.1 Å². The molecule has 0 N–H and O–H groups in total. The first-order valence-corrected chi connectivity index (χ1v) is 13.1. The summed E-state index contributed by atoms with van der Waals surface area (Å²) in [4.78, 5) is 16.0. The summed E-state index contributed by atoms with van der Waals surface area (Å²) in [7, 11) is 0. The Kier molecular flexibility index (Phi) is 10.3. The van der Waals surface area contributed by atoms with Gasteiger partial charge in [0, 0.05) is 12.3 Å². The Morgan fingerprint density at radius 3 is 2.18 bits per heavy atom. The molecule has 7 nitrogen and oxygen atoms in total. The molecule has 11 heteroatoms. The zero-order valence-electron chi connectivity index (χ0n) is 22.2. The van der Waals surface area contributed by atoms with Gasteiger partial charge in [-0.25, -0.2) is 0 Å². The molecule has 2 aromatic rings. The van der Waals surface area contributed by atoms with E-state index < -0.39 is 28.7 Å². The molecule has 210 valence electrons. The van der Waals surface area contributed by atoms with Gasteiger partial charge in [-0.2, -0.15) is 18.4 Å². The number of thiocarbonyl (C=S) groups is 1. The molecule has 0 aromatic heterocycles. The van der Waals surface area contributed by atoms with Gasteiger partial charge in [-0.05, 0) is 75.0 Å². The SMILES string of the molecule is CCCCCOCCOCCOc1ccc(N2C(=S)N(c3ccc(C#N)c(C(F)(F)F)c3)C(=O)C2(C)C)cc1. The zero-order chi connectivity index (χ0) is 28.6. The molecule has 1 heterocycles. The molecule has 1 aliphatic heterocycles. The fourth-order valence-electron chi connectivity index (χ4n) is 4.15. The summed E-state index contributed by atoms with van der Waals surface area (Å²) < 4.78 is 57.3. The molecule has 39 heavy (non-hydrogen) atoms. The average Bonchev–Trinajstić information content (AvgIpc) is 3.07. The largest absolute Gasteiger partial charge is 0.491 e. The quantitative estimate of drug-likeness (QED) is 0.216. The smallest absolute Gasteiger partial charge is 0.417 e. The highest BCUT2D eigenvalue weighted by atomic mass is 32.1. The van der Waals surface area contributed by atoms with Crippen LogP contribution in [0.5, 0.6) is 5.75 Å². The molecule has 3 rings (SSSR count). The number of unbranched alkanes of at least 4 members (excludes halogenated alkanes) is 2. The lowest BCUT2D eigenvalue weighted by Crippen LogP contribution is -2.44. The molecule has 1 amide bonds. The first-order chi connectivity index (χ1) is 18.5. The van der Waals surface area contributed by atoms with E-state index in [9.17, 15) is 18.0 Å². The van der Waals surface area contributed by atoms with Crippen molar-refractivity contribution < 1.29 is 32.2 Å². The van der Waals surface area contributed by atoms with Crippen LogP contribution in [0.3, 0.4) is 0 Å². The van der Waals surface area contributed by atoms with Crippen molar-refractivity contribution in [1.82, 2.24) is 0 Å². The van der Waals surface area contributed by atoms with Crippen LogP contribution in [0.25, 0.3) is 0 Å². The molecule has 1 aliphatic rings. The fourth-order valence-corrected chi connectivity index (χ4v) is 4.67. The molecular weight excluding hydrogens is 531 g/mol. The second-order valence-corrected chi connectivity index (χ2v) is 9.80. The highest BCUT2D eigenvalue weighted by molar-refractivity contribution is 7.81. The first-order valence-electron chi connectivity index (χ1n) is 12.7. The van der Waals surface area contributed by atoms with Crippen LogP contribution in [0.2, 0.25) is 0 Å². The number of carbonyl (C=O) groups excluding carboxylic acids is 1. The van der Waals surface area contributed by atoms with Gasteiger partial charge in [-0.3, -0.25) is 9.69 Å². The molecule has 1 fully saturated rings.